The number of aryl methyl sites for hydroxylation is 1. The van der Waals surface area contributed by atoms with Crippen molar-refractivity contribution in [2.45, 2.75) is 6.92 Å². The number of hydrogen-bond donors (Lipinski definition) is 0. The van der Waals surface area contributed by atoms with Gasteiger partial charge in [-0.25, -0.2) is 0 Å². The summed E-state index contributed by atoms with van der Waals surface area (Å²) in [5.41, 5.74) is 1.09. The molecule has 0 aliphatic heterocycles. The molecule has 0 amide bonds. The summed E-state index contributed by atoms with van der Waals surface area (Å²) in [6.07, 6.45) is 0. The standard InChI is InChI=1S/C9H8NOS/c1-7-10-11-9(12-7)8-5-3-2-4-6-8/h2-6H,1H3/q+1. The van der Waals surface area contributed by atoms with Crippen LogP contribution < -0.4 is 0 Å². The fraction of sp³-hybridized carbons (Fsp3) is 0.111. The molecule has 1 aromatic heterocycles. The molecule has 60 valence electrons. The zero-order chi connectivity index (χ0) is 8.39. The number of hydrogen-bond acceptors (Lipinski definition) is 2. The summed E-state index contributed by atoms with van der Waals surface area (Å²) in [4.78, 5) is 0. The highest BCUT2D eigenvalue weighted by Gasteiger charge is 2.16. The Labute approximate surface area is 74.5 Å². The Kier molecular flexibility index (Phi) is 1.87. The lowest BCUT2D eigenvalue weighted by atomic mass is 10.2. The van der Waals surface area contributed by atoms with Crippen molar-refractivity contribution < 1.29 is 4.52 Å². The van der Waals surface area contributed by atoms with E-state index in [0.717, 1.165) is 15.6 Å². The smallest absolute Gasteiger partial charge is 0.0622 e. The van der Waals surface area contributed by atoms with Crippen LogP contribution in [0.25, 0.3) is 10.6 Å². The molecule has 1 heterocycles. The zero-order valence-electron chi connectivity index (χ0n) is 6.65. The third kappa shape index (κ3) is 1.36. The molecule has 2 aromatic rings. The first-order valence-electron chi connectivity index (χ1n) is 3.68. The normalized spacial score (nSPS) is 10.1. The highest BCUT2D eigenvalue weighted by Crippen LogP contribution is 2.24. The molecule has 0 unspecified atom stereocenters. The fourth-order valence-corrected chi connectivity index (χ4v) is 1.63. The Morgan fingerprint density at radius 1 is 1.25 bits per heavy atom. The number of benzene rings is 1. The Bertz CT molecular complexity index is 369. The molecule has 0 saturated carbocycles. The lowest BCUT2D eigenvalue weighted by Gasteiger charge is -1.82. The minimum absolute atomic E-state index is 0.869. The first-order chi connectivity index (χ1) is 5.86. The predicted octanol–water partition coefficient (Wildman–Crippen LogP) is 2.99. The van der Waals surface area contributed by atoms with Gasteiger partial charge >= 0.3 is 5.07 Å². The van der Waals surface area contributed by atoms with E-state index in [4.69, 9.17) is 4.52 Å². The van der Waals surface area contributed by atoms with Crippen LogP contribution in [-0.4, -0.2) is 5.16 Å². The third-order valence-electron chi connectivity index (χ3n) is 1.51. The second-order valence-corrected chi connectivity index (χ2v) is 3.62. The van der Waals surface area contributed by atoms with Crippen LogP contribution in [0.5, 0.6) is 0 Å². The Morgan fingerprint density at radius 2 is 2.00 bits per heavy atom. The first kappa shape index (κ1) is 7.43. The Hall–Kier alpha value is -1.22. The SMILES string of the molecule is Cc1n[o+]c(-c2ccccc2)s1. The van der Waals surface area contributed by atoms with Crippen molar-refractivity contribution >= 4 is 11.3 Å². The molecular weight excluding hydrogens is 170 g/mol. The van der Waals surface area contributed by atoms with Gasteiger partial charge in [0.2, 0.25) is 0 Å². The summed E-state index contributed by atoms with van der Waals surface area (Å²) in [5, 5.41) is 5.66. The van der Waals surface area contributed by atoms with Crippen LogP contribution in [0.3, 0.4) is 0 Å². The van der Waals surface area contributed by atoms with E-state index in [9.17, 15) is 0 Å². The molecule has 0 saturated heterocycles. The molecule has 2 rings (SSSR count). The number of rotatable bonds is 1. The molecule has 12 heavy (non-hydrogen) atoms. The van der Waals surface area contributed by atoms with Gasteiger partial charge in [0.25, 0.3) is 0 Å². The van der Waals surface area contributed by atoms with Gasteiger partial charge in [-0.1, -0.05) is 22.7 Å². The van der Waals surface area contributed by atoms with E-state index in [2.05, 4.69) is 5.16 Å². The largest absolute Gasteiger partial charge is 0.464 e. The van der Waals surface area contributed by atoms with Gasteiger partial charge in [0.05, 0.1) is 5.56 Å². The quantitative estimate of drug-likeness (QED) is 0.627. The molecule has 0 radical (unpaired) electrons. The molecular formula is C9H8NOS+. The van der Waals surface area contributed by atoms with Gasteiger partial charge in [0.1, 0.15) is 0 Å². The highest BCUT2D eigenvalue weighted by molar-refractivity contribution is 7.14. The average molecular weight is 178 g/mol. The second-order valence-electron chi connectivity index (χ2n) is 2.46. The van der Waals surface area contributed by atoms with Gasteiger partial charge in [-0.15, -0.1) is 0 Å². The van der Waals surface area contributed by atoms with Crippen molar-refractivity contribution in [3.8, 4) is 10.6 Å². The van der Waals surface area contributed by atoms with E-state index >= 15 is 0 Å². The monoisotopic (exact) mass is 178 g/mol. The molecule has 3 heteroatoms. The molecule has 2 nitrogen and oxygen atoms in total. The molecule has 0 bridgehead atoms. The van der Waals surface area contributed by atoms with Crippen LogP contribution >= 0.6 is 11.3 Å². The van der Waals surface area contributed by atoms with Crippen LogP contribution in [0.2, 0.25) is 0 Å². The number of aromatic nitrogens is 1. The van der Waals surface area contributed by atoms with Gasteiger partial charge in [-0.3, -0.25) is 0 Å². The van der Waals surface area contributed by atoms with E-state index in [0.29, 0.717) is 0 Å². The van der Waals surface area contributed by atoms with Gasteiger partial charge in [0, 0.05) is 0 Å². The van der Waals surface area contributed by atoms with E-state index in [1.165, 1.54) is 0 Å². The van der Waals surface area contributed by atoms with E-state index in [1.54, 1.807) is 11.3 Å². The van der Waals surface area contributed by atoms with Crippen LogP contribution in [0, 0.1) is 6.92 Å². The van der Waals surface area contributed by atoms with Gasteiger partial charge < -0.3 is 0 Å². The average Bonchev–Trinajstić information content (AvgIpc) is 2.54. The summed E-state index contributed by atoms with van der Waals surface area (Å²) >= 11 is 1.56. The van der Waals surface area contributed by atoms with Gasteiger partial charge in [-0.2, -0.15) is 0 Å². The zero-order valence-corrected chi connectivity index (χ0v) is 7.47. The summed E-state index contributed by atoms with van der Waals surface area (Å²) in [6.45, 7) is 1.93. The highest BCUT2D eigenvalue weighted by atomic mass is 32.1. The van der Waals surface area contributed by atoms with Crippen molar-refractivity contribution in [3.05, 3.63) is 35.3 Å². The fourth-order valence-electron chi connectivity index (χ4n) is 0.963. The topological polar surface area (TPSA) is 24.2 Å². The van der Waals surface area contributed by atoms with Crippen molar-refractivity contribution in [2.24, 2.45) is 0 Å². The maximum absolute atomic E-state index is 5.12. The van der Waals surface area contributed by atoms with Crippen molar-refractivity contribution in [1.82, 2.24) is 5.16 Å². The maximum Gasteiger partial charge on any atom is 0.464 e. The van der Waals surface area contributed by atoms with Crippen LogP contribution in [0.1, 0.15) is 5.01 Å². The molecule has 0 fully saturated rings. The molecule has 0 atom stereocenters. The molecule has 1 aromatic carbocycles. The van der Waals surface area contributed by atoms with E-state index in [-0.39, 0.29) is 0 Å². The number of nitrogens with zero attached hydrogens (tertiary/aromatic N) is 1. The van der Waals surface area contributed by atoms with E-state index in [1.807, 2.05) is 37.3 Å². The van der Waals surface area contributed by atoms with Crippen molar-refractivity contribution in [3.63, 3.8) is 0 Å². The van der Waals surface area contributed by atoms with Crippen molar-refractivity contribution in [1.29, 1.82) is 0 Å². The summed E-state index contributed by atoms with van der Waals surface area (Å²) < 4.78 is 5.12. The Morgan fingerprint density at radius 3 is 2.58 bits per heavy atom. The maximum atomic E-state index is 5.12. The second kappa shape index (κ2) is 3.03. The minimum atomic E-state index is 0.869. The van der Waals surface area contributed by atoms with Crippen LogP contribution in [-0.2, 0) is 0 Å². The molecule has 0 aliphatic rings. The molecule has 0 aliphatic carbocycles. The molecule has 0 N–H and O–H groups in total. The Balaban J connectivity index is 2.45. The van der Waals surface area contributed by atoms with Gasteiger partial charge in [0.15, 0.2) is 10.2 Å². The lowest BCUT2D eigenvalue weighted by Crippen LogP contribution is -1.67. The minimum Gasteiger partial charge on any atom is -0.0622 e. The lowest BCUT2D eigenvalue weighted by molar-refractivity contribution is 0.428. The van der Waals surface area contributed by atoms with E-state index < -0.39 is 0 Å². The molecule has 0 spiro atoms. The summed E-state index contributed by atoms with van der Waals surface area (Å²) in [5.74, 6) is 0. The van der Waals surface area contributed by atoms with Gasteiger partial charge in [-0.05, 0) is 30.4 Å². The summed E-state index contributed by atoms with van der Waals surface area (Å²) in [7, 11) is 0. The van der Waals surface area contributed by atoms with Crippen LogP contribution in [0.4, 0.5) is 0 Å². The third-order valence-corrected chi connectivity index (χ3v) is 2.37. The first-order valence-corrected chi connectivity index (χ1v) is 4.50. The summed E-state index contributed by atoms with van der Waals surface area (Å²) in [6, 6.07) is 9.98. The van der Waals surface area contributed by atoms with Crippen LogP contribution in [0.15, 0.2) is 34.9 Å². The van der Waals surface area contributed by atoms with Crippen molar-refractivity contribution in [2.75, 3.05) is 0 Å². The predicted molar refractivity (Wildman–Crippen MR) is 49.0 cm³/mol.